The van der Waals surface area contributed by atoms with Gasteiger partial charge in [-0.15, -0.1) is 0 Å². The fourth-order valence-electron chi connectivity index (χ4n) is 2.69. The quantitative estimate of drug-likeness (QED) is 0.743. The van der Waals surface area contributed by atoms with Crippen LogP contribution < -0.4 is 5.32 Å². The highest BCUT2D eigenvalue weighted by Gasteiger charge is 2.43. The molecule has 3 unspecified atom stereocenters. The molecule has 2 N–H and O–H groups in total. The second-order valence-electron chi connectivity index (χ2n) is 9.53. The second-order valence-corrected chi connectivity index (χ2v) is 14.3. The summed E-state index contributed by atoms with van der Waals surface area (Å²) in [4.78, 5) is 12.2. The summed E-state index contributed by atoms with van der Waals surface area (Å²) in [5.41, 5.74) is -0.512. The smallest absolute Gasteiger partial charge is 0.407 e. The Hall–Kier alpha value is -0.593. The molecule has 1 aliphatic carbocycles. The molecule has 0 saturated heterocycles. The van der Waals surface area contributed by atoms with E-state index in [-0.39, 0.29) is 29.7 Å². The summed E-state index contributed by atoms with van der Waals surface area (Å²) in [6.07, 6.45) is 2.03. The van der Waals surface area contributed by atoms with E-state index in [1.165, 1.54) is 0 Å². The summed E-state index contributed by atoms with van der Waals surface area (Å²) in [5.74, 6) is 0.247. The van der Waals surface area contributed by atoms with Crippen LogP contribution in [0.1, 0.15) is 60.8 Å². The average molecular weight is 360 g/mol. The van der Waals surface area contributed by atoms with Crippen LogP contribution in [-0.4, -0.2) is 43.9 Å². The number of carbonyl (C=O) groups excluding carboxylic acids is 1. The average Bonchev–Trinajstić information content (AvgIpc) is 2.36. The van der Waals surface area contributed by atoms with Gasteiger partial charge in [0, 0.05) is 6.61 Å². The van der Waals surface area contributed by atoms with Crippen LogP contribution in [0.2, 0.25) is 18.1 Å². The first-order valence-corrected chi connectivity index (χ1v) is 11.9. The molecule has 24 heavy (non-hydrogen) atoms. The van der Waals surface area contributed by atoms with Crippen LogP contribution in [0.25, 0.3) is 0 Å². The molecule has 1 aliphatic rings. The normalized spacial score (nSPS) is 26.1. The molecular weight excluding hydrogens is 322 g/mol. The Kier molecular flexibility index (Phi) is 6.92. The van der Waals surface area contributed by atoms with E-state index in [0.717, 1.165) is 19.3 Å². The number of hydrogen-bond acceptors (Lipinski definition) is 4. The number of carbonyl (C=O) groups is 1. The molecule has 1 saturated carbocycles. The van der Waals surface area contributed by atoms with E-state index in [9.17, 15) is 9.90 Å². The lowest BCUT2D eigenvalue weighted by molar-refractivity contribution is 0.0273. The Morgan fingerprint density at radius 1 is 1.17 bits per heavy atom. The van der Waals surface area contributed by atoms with Crippen LogP contribution >= 0.6 is 0 Å². The maximum absolute atomic E-state index is 12.2. The van der Waals surface area contributed by atoms with Gasteiger partial charge >= 0.3 is 6.09 Å². The fourth-order valence-corrected chi connectivity index (χ4v) is 4.06. The zero-order valence-corrected chi connectivity index (χ0v) is 17.7. The number of aliphatic hydroxyl groups excluding tert-OH is 1. The van der Waals surface area contributed by atoms with E-state index in [1.54, 1.807) is 0 Å². The number of hydrogen-bond donors (Lipinski definition) is 2. The van der Waals surface area contributed by atoms with Gasteiger partial charge in [-0.3, -0.25) is 0 Å². The third-order valence-corrected chi connectivity index (χ3v) is 9.62. The Morgan fingerprint density at radius 3 is 2.21 bits per heavy atom. The standard InChI is InChI=1S/C18H37NO4Si/c1-17(2,3)22-16(21)19-14-10-9-13(12-20)11-15(14)23-24(7,8)18(4,5)6/h13-15,20H,9-12H2,1-8H3,(H,19,21). The zero-order chi connectivity index (χ0) is 18.8. The van der Waals surface area contributed by atoms with E-state index in [0.29, 0.717) is 0 Å². The number of alkyl carbamates (subject to hydrolysis) is 1. The number of rotatable bonds is 4. The van der Waals surface area contributed by atoms with Crippen molar-refractivity contribution in [2.75, 3.05) is 6.61 Å². The lowest BCUT2D eigenvalue weighted by Crippen LogP contribution is -2.54. The first-order chi connectivity index (χ1) is 10.7. The van der Waals surface area contributed by atoms with Crippen LogP contribution in [0.5, 0.6) is 0 Å². The van der Waals surface area contributed by atoms with Gasteiger partial charge in [0.05, 0.1) is 12.1 Å². The molecular formula is C18H37NO4Si. The molecule has 1 amide bonds. The van der Waals surface area contributed by atoms with Crippen LogP contribution in [0.3, 0.4) is 0 Å². The molecule has 3 atom stereocenters. The topological polar surface area (TPSA) is 67.8 Å². The van der Waals surface area contributed by atoms with E-state index in [4.69, 9.17) is 9.16 Å². The first-order valence-electron chi connectivity index (χ1n) is 9.03. The van der Waals surface area contributed by atoms with Gasteiger partial charge in [0.15, 0.2) is 8.32 Å². The molecule has 142 valence electrons. The molecule has 1 fully saturated rings. The van der Waals surface area contributed by atoms with E-state index in [1.807, 2.05) is 20.8 Å². The highest BCUT2D eigenvalue weighted by Crippen LogP contribution is 2.39. The number of ether oxygens (including phenoxy) is 1. The van der Waals surface area contributed by atoms with E-state index in [2.05, 4.69) is 39.2 Å². The molecule has 0 bridgehead atoms. The van der Waals surface area contributed by atoms with Gasteiger partial charge < -0.3 is 19.6 Å². The minimum absolute atomic E-state index is 0.0585. The highest BCUT2D eigenvalue weighted by molar-refractivity contribution is 6.74. The molecule has 0 aromatic rings. The van der Waals surface area contributed by atoms with Crippen molar-refractivity contribution in [1.29, 1.82) is 0 Å². The summed E-state index contributed by atoms with van der Waals surface area (Å²) in [6.45, 7) is 16.8. The van der Waals surface area contributed by atoms with Gasteiger partial charge in [-0.25, -0.2) is 4.79 Å². The Labute approximate surface area is 148 Å². The fraction of sp³-hybridized carbons (Fsp3) is 0.944. The molecule has 5 nitrogen and oxygen atoms in total. The lowest BCUT2D eigenvalue weighted by atomic mass is 9.84. The lowest BCUT2D eigenvalue weighted by Gasteiger charge is -2.44. The van der Waals surface area contributed by atoms with Crippen molar-refractivity contribution in [2.45, 2.75) is 96.7 Å². The third kappa shape index (κ3) is 6.37. The minimum Gasteiger partial charge on any atom is -0.444 e. The molecule has 0 heterocycles. The van der Waals surface area contributed by atoms with Gasteiger partial charge in [-0.1, -0.05) is 20.8 Å². The summed E-state index contributed by atoms with van der Waals surface area (Å²) in [6, 6.07) is -0.0585. The maximum atomic E-state index is 12.2. The zero-order valence-electron chi connectivity index (χ0n) is 16.7. The summed E-state index contributed by atoms with van der Waals surface area (Å²) >= 11 is 0. The SMILES string of the molecule is CC(C)(C)OC(=O)NC1CCC(CO)CC1O[Si](C)(C)C(C)(C)C. The van der Waals surface area contributed by atoms with Crippen LogP contribution in [-0.2, 0) is 9.16 Å². The summed E-state index contributed by atoms with van der Waals surface area (Å²) in [5, 5.41) is 12.6. The van der Waals surface area contributed by atoms with Crippen LogP contribution in [0, 0.1) is 5.92 Å². The summed E-state index contributed by atoms with van der Waals surface area (Å²) in [7, 11) is -1.95. The Bertz CT molecular complexity index is 426. The van der Waals surface area contributed by atoms with Crippen molar-refractivity contribution in [1.82, 2.24) is 5.32 Å². The van der Waals surface area contributed by atoms with Gasteiger partial charge in [-0.05, 0) is 64.1 Å². The highest BCUT2D eigenvalue weighted by atomic mass is 28.4. The van der Waals surface area contributed by atoms with Gasteiger partial charge in [0.1, 0.15) is 5.60 Å². The predicted molar refractivity (Wildman–Crippen MR) is 99.7 cm³/mol. The molecule has 0 radical (unpaired) electrons. The summed E-state index contributed by atoms with van der Waals surface area (Å²) < 4.78 is 12.0. The van der Waals surface area contributed by atoms with Crippen molar-refractivity contribution in [3.05, 3.63) is 0 Å². The predicted octanol–water partition coefficient (Wildman–Crippen LogP) is 4.06. The van der Waals surface area contributed by atoms with Crippen molar-refractivity contribution in [3.8, 4) is 0 Å². The number of nitrogens with one attached hydrogen (secondary N) is 1. The van der Waals surface area contributed by atoms with Gasteiger partial charge in [0.25, 0.3) is 0 Å². The molecule has 0 aromatic heterocycles. The first kappa shape index (κ1) is 21.4. The number of amides is 1. The van der Waals surface area contributed by atoms with Crippen molar-refractivity contribution in [2.24, 2.45) is 5.92 Å². The van der Waals surface area contributed by atoms with Crippen molar-refractivity contribution >= 4 is 14.4 Å². The third-order valence-electron chi connectivity index (χ3n) is 5.11. The van der Waals surface area contributed by atoms with Crippen molar-refractivity contribution < 1.29 is 19.1 Å². The van der Waals surface area contributed by atoms with Gasteiger partial charge in [0.2, 0.25) is 0 Å². The van der Waals surface area contributed by atoms with Crippen LogP contribution in [0.4, 0.5) is 4.79 Å². The monoisotopic (exact) mass is 359 g/mol. The van der Waals surface area contributed by atoms with E-state index < -0.39 is 20.0 Å². The van der Waals surface area contributed by atoms with Gasteiger partial charge in [-0.2, -0.15) is 0 Å². The molecule has 1 rings (SSSR count). The largest absolute Gasteiger partial charge is 0.444 e. The Balaban J connectivity index is 2.82. The van der Waals surface area contributed by atoms with Crippen molar-refractivity contribution in [3.63, 3.8) is 0 Å². The maximum Gasteiger partial charge on any atom is 0.407 e. The minimum atomic E-state index is -1.95. The second kappa shape index (κ2) is 7.75. The molecule has 0 spiro atoms. The van der Waals surface area contributed by atoms with E-state index >= 15 is 0 Å². The Morgan fingerprint density at radius 2 is 1.75 bits per heavy atom. The molecule has 6 heteroatoms. The number of aliphatic hydroxyl groups is 1. The molecule has 0 aromatic carbocycles. The molecule has 0 aliphatic heterocycles. The van der Waals surface area contributed by atoms with Crippen LogP contribution in [0.15, 0.2) is 0 Å².